The largest absolute Gasteiger partial charge is 0.469 e. The molecular formula is C12H13NO2S. The fourth-order valence-electron chi connectivity index (χ4n) is 1.47. The van der Waals surface area contributed by atoms with Gasteiger partial charge in [-0.25, -0.2) is 0 Å². The molecule has 1 amide bonds. The van der Waals surface area contributed by atoms with E-state index in [-0.39, 0.29) is 5.91 Å². The van der Waals surface area contributed by atoms with Crippen molar-refractivity contribution in [2.45, 2.75) is 13.3 Å². The molecule has 2 aromatic heterocycles. The summed E-state index contributed by atoms with van der Waals surface area (Å²) in [5.41, 5.74) is 0.617. The van der Waals surface area contributed by atoms with Crippen LogP contribution in [0, 0.1) is 6.92 Å². The van der Waals surface area contributed by atoms with E-state index >= 15 is 0 Å². The van der Waals surface area contributed by atoms with Gasteiger partial charge in [0.25, 0.3) is 5.91 Å². The molecule has 3 nitrogen and oxygen atoms in total. The third-order valence-electron chi connectivity index (χ3n) is 2.34. The number of aryl methyl sites for hydroxylation is 1. The molecule has 16 heavy (non-hydrogen) atoms. The second-order valence-corrected chi connectivity index (χ2v) is 4.51. The van der Waals surface area contributed by atoms with E-state index in [0.29, 0.717) is 17.9 Å². The minimum absolute atomic E-state index is 0.0668. The third-order valence-corrected chi connectivity index (χ3v) is 3.28. The summed E-state index contributed by atoms with van der Waals surface area (Å²) in [5, 5.41) is 4.91. The monoisotopic (exact) mass is 235 g/mol. The third kappa shape index (κ3) is 2.52. The molecule has 2 rings (SSSR count). The molecule has 2 aromatic rings. The Hall–Kier alpha value is -1.55. The van der Waals surface area contributed by atoms with Gasteiger partial charge in [0, 0.05) is 11.4 Å². The van der Waals surface area contributed by atoms with Gasteiger partial charge in [0.15, 0.2) is 0 Å². The molecule has 0 bridgehead atoms. The summed E-state index contributed by atoms with van der Waals surface area (Å²) in [5.74, 6) is 0.594. The highest BCUT2D eigenvalue weighted by molar-refractivity contribution is 7.09. The van der Waals surface area contributed by atoms with E-state index in [1.54, 1.807) is 24.3 Å². The SMILES string of the molecule is Cc1occc1C(=O)NCCc1cccs1. The average molecular weight is 235 g/mol. The van der Waals surface area contributed by atoms with Crippen LogP contribution in [0.1, 0.15) is 21.0 Å². The van der Waals surface area contributed by atoms with Crippen LogP contribution in [0.25, 0.3) is 0 Å². The standard InChI is InChI=1S/C12H13NO2S/c1-9-11(5-7-15-9)12(14)13-6-4-10-3-2-8-16-10/h2-3,5,7-8H,4,6H2,1H3,(H,13,14). The first kappa shape index (κ1) is 11.0. The molecule has 0 spiro atoms. The van der Waals surface area contributed by atoms with Crippen molar-refractivity contribution in [2.24, 2.45) is 0 Å². The number of nitrogens with one attached hydrogen (secondary N) is 1. The first-order valence-electron chi connectivity index (χ1n) is 5.12. The number of hydrogen-bond acceptors (Lipinski definition) is 3. The van der Waals surface area contributed by atoms with Crippen LogP contribution in [0.3, 0.4) is 0 Å². The van der Waals surface area contributed by atoms with Gasteiger partial charge in [-0.2, -0.15) is 0 Å². The lowest BCUT2D eigenvalue weighted by atomic mass is 10.2. The molecule has 0 atom stereocenters. The van der Waals surface area contributed by atoms with Crippen molar-refractivity contribution in [3.05, 3.63) is 46.0 Å². The molecule has 84 valence electrons. The van der Waals surface area contributed by atoms with Gasteiger partial charge >= 0.3 is 0 Å². The van der Waals surface area contributed by atoms with E-state index in [9.17, 15) is 4.79 Å². The van der Waals surface area contributed by atoms with Crippen molar-refractivity contribution in [2.75, 3.05) is 6.54 Å². The summed E-state index contributed by atoms with van der Waals surface area (Å²) in [7, 11) is 0. The zero-order valence-corrected chi connectivity index (χ0v) is 9.84. The number of carbonyl (C=O) groups excluding carboxylic acids is 1. The molecular weight excluding hydrogens is 222 g/mol. The smallest absolute Gasteiger partial charge is 0.254 e. The maximum Gasteiger partial charge on any atom is 0.254 e. The van der Waals surface area contributed by atoms with Crippen LogP contribution in [0.4, 0.5) is 0 Å². The quantitative estimate of drug-likeness (QED) is 0.885. The van der Waals surface area contributed by atoms with Gasteiger partial charge in [-0.15, -0.1) is 11.3 Å². The molecule has 0 saturated carbocycles. The normalized spacial score (nSPS) is 10.3. The molecule has 0 saturated heterocycles. The van der Waals surface area contributed by atoms with Gasteiger partial charge < -0.3 is 9.73 Å². The molecule has 0 unspecified atom stereocenters. The van der Waals surface area contributed by atoms with Gasteiger partial charge in [-0.05, 0) is 30.9 Å². The van der Waals surface area contributed by atoms with Gasteiger partial charge in [-0.1, -0.05) is 6.07 Å². The van der Waals surface area contributed by atoms with Crippen LogP contribution in [0.2, 0.25) is 0 Å². The molecule has 1 N–H and O–H groups in total. The average Bonchev–Trinajstić information content (AvgIpc) is 2.88. The fourth-order valence-corrected chi connectivity index (χ4v) is 2.18. The Bertz CT molecular complexity index is 459. The molecule has 0 aliphatic heterocycles. The van der Waals surface area contributed by atoms with Crippen molar-refractivity contribution in [1.29, 1.82) is 0 Å². The lowest BCUT2D eigenvalue weighted by Crippen LogP contribution is -2.25. The van der Waals surface area contributed by atoms with Gasteiger partial charge in [0.05, 0.1) is 11.8 Å². The Balaban J connectivity index is 1.83. The summed E-state index contributed by atoms with van der Waals surface area (Å²) in [6.45, 7) is 2.44. The summed E-state index contributed by atoms with van der Waals surface area (Å²) >= 11 is 1.71. The topological polar surface area (TPSA) is 42.2 Å². The predicted molar refractivity (Wildman–Crippen MR) is 63.8 cm³/mol. The maximum atomic E-state index is 11.7. The molecule has 0 aliphatic carbocycles. The molecule has 0 fully saturated rings. The first-order chi connectivity index (χ1) is 7.77. The molecule has 4 heteroatoms. The number of furan rings is 1. The Labute approximate surface area is 98.1 Å². The summed E-state index contributed by atoms with van der Waals surface area (Å²) < 4.78 is 5.08. The molecule has 0 aromatic carbocycles. The van der Waals surface area contributed by atoms with Crippen molar-refractivity contribution < 1.29 is 9.21 Å². The van der Waals surface area contributed by atoms with E-state index in [2.05, 4.69) is 11.4 Å². The number of carbonyl (C=O) groups is 1. The highest BCUT2D eigenvalue weighted by Crippen LogP contribution is 2.10. The fraction of sp³-hybridized carbons (Fsp3) is 0.250. The van der Waals surface area contributed by atoms with Crippen LogP contribution < -0.4 is 5.32 Å². The van der Waals surface area contributed by atoms with Crippen molar-refractivity contribution in [1.82, 2.24) is 5.32 Å². The Morgan fingerprint density at radius 2 is 2.38 bits per heavy atom. The Morgan fingerprint density at radius 1 is 1.50 bits per heavy atom. The highest BCUT2D eigenvalue weighted by atomic mass is 32.1. The van der Waals surface area contributed by atoms with Crippen molar-refractivity contribution >= 4 is 17.2 Å². The summed E-state index contributed by atoms with van der Waals surface area (Å²) in [6.07, 6.45) is 2.41. The Kier molecular flexibility index (Phi) is 3.41. The van der Waals surface area contributed by atoms with Crippen molar-refractivity contribution in [3.63, 3.8) is 0 Å². The maximum absolute atomic E-state index is 11.7. The van der Waals surface area contributed by atoms with Gasteiger partial charge in [-0.3, -0.25) is 4.79 Å². The van der Waals surface area contributed by atoms with Gasteiger partial charge in [0.1, 0.15) is 5.76 Å². The Morgan fingerprint density at radius 3 is 3.00 bits per heavy atom. The number of amides is 1. The second-order valence-electron chi connectivity index (χ2n) is 3.48. The predicted octanol–water partition coefficient (Wildman–Crippen LogP) is 2.62. The van der Waals surface area contributed by atoms with Crippen LogP contribution in [-0.4, -0.2) is 12.5 Å². The van der Waals surface area contributed by atoms with Crippen LogP contribution >= 0.6 is 11.3 Å². The lowest BCUT2D eigenvalue weighted by molar-refractivity contribution is 0.0952. The molecule has 0 aliphatic rings. The first-order valence-corrected chi connectivity index (χ1v) is 6.00. The van der Waals surface area contributed by atoms with Crippen molar-refractivity contribution in [3.8, 4) is 0 Å². The van der Waals surface area contributed by atoms with E-state index in [1.807, 2.05) is 11.4 Å². The minimum atomic E-state index is -0.0668. The van der Waals surface area contributed by atoms with E-state index in [1.165, 1.54) is 11.1 Å². The van der Waals surface area contributed by atoms with E-state index in [0.717, 1.165) is 6.42 Å². The lowest BCUT2D eigenvalue weighted by Gasteiger charge is -2.02. The van der Waals surface area contributed by atoms with Crippen LogP contribution in [0.5, 0.6) is 0 Å². The van der Waals surface area contributed by atoms with E-state index in [4.69, 9.17) is 4.42 Å². The molecule has 2 heterocycles. The van der Waals surface area contributed by atoms with Gasteiger partial charge in [0.2, 0.25) is 0 Å². The zero-order chi connectivity index (χ0) is 11.4. The van der Waals surface area contributed by atoms with E-state index < -0.39 is 0 Å². The molecule has 0 radical (unpaired) electrons. The van der Waals surface area contributed by atoms with Crippen LogP contribution in [-0.2, 0) is 6.42 Å². The minimum Gasteiger partial charge on any atom is -0.469 e. The number of rotatable bonds is 4. The summed E-state index contributed by atoms with van der Waals surface area (Å²) in [6, 6.07) is 5.78. The zero-order valence-electron chi connectivity index (χ0n) is 9.03. The highest BCUT2D eigenvalue weighted by Gasteiger charge is 2.10. The second kappa shape index (κ2) is 4.99. The van der Waals surface area contributed by atoms with Crippen LogP contribution in [0.15, 0.2) is 34.3 Å². The summed E-state index contributed by atoms with van der Waals surface area (Å²) in [4.78, 5) is 13.0. The number of thiophene rings is 1. The number of hydrogen-bond donors (Lipinski definition) is 1.